The molecule has 0 saturated heterocycles. The second-order valence-electron chi connectivity index (χ2n) is 8.71. The maximum atomic E-state index is 13.3. The molecule has 0 fully saturated rings. The largest absolute Gasteiger partial charge is 0.460 e. The number of halogens is 1. The molecule has 0 radical (unpaired) electrons. The predicted octanol–water partition coefficient (Wildman–Crippen LogP) is 5.23. The van der Waals surface area contributed by atoms with E-state index in [0.29, 0.717) is 21.7 Å². The molecule has 0 heterocycles. The van der Waals surface area contributed by atoms with Crippen LogP contribution in [0.1, 0.15) is 43.9 Å². The lowest BCUT2D eigenvalue weighted by atomic mass is 9.80. The number of carbonyl (C=O) groups is 2. The van der Waals surface area contributed by atoms with Crippen LogP contribution in [0.4, 0.5) is 0 Å². The van der Waals surface area contributed by atoms with Gasteiger partial charge >= 0.3 is 11.9 Å². The normalized spacial score (nSPS) is 12.6. The zero-order valence-corrected chi connectivity index (χ0v) is 19.7. The molecule has 33 heavy (non-hydrogen) atoms. The molecular weight excluding hydrogens is 438 g/mol. The topological polar surface area (TPSA) is 78.6 Å². The van der Waals surface area contributed by atoms with Crippen molar-refractivity contribution >= 4 is 23.5 Å². The molecule has 0 aliphatic heterocycles. The van der Waals surface area contributed by atoms with E-state index in [1.165, 1.54) is 0 Å². The van der Waals surface area contributed by atoms with Crippen LogP contribution in [-0.2, 0) is 24.7 Å². The highest BCUT2D eigenvalue weighted by molar-refractivity contribution is 6.31. The van der Waals surface area contributed by atoms with Gasteiger partial charge in [0.05, 0.1) is 6.42 Å². The zero-order valence-electron chi connectivity index (χ0n) is 19.0. The Morgan fingerprint density at radius 3 is 1.79 bits per heavy atom. The minimum atomic E-state index is -1.37. The van der Waals surface area contributed by atoms with E-state index in [1.807, 2.05) is 78.9 Å². The standard InChI is InChI=1S/C27H28ClNO4/c1-26(2,3)32-24(30)18-23(29)25(31)33-27(19-12-6-4-7-13-19,20-14-8-5-9-15-20)21-16-10-11-17-22(21)28/h4-17,23H,18,29H2,1-3H3/t23-/m0/s1. The van der Waals surface area contributed by atoms with E-state index in [4.69, 9.17) is 26.8 Å². The quantitative estimate of drug-likeness (QED) is 0.381. The van der Waals surface area contributed by atoms with Gasteiger partial charge in [-0.1, -0.05) is 90.5 Å². The first-order chi connectivity index (χ1) is 15.6. The van der Waals surface area contributed by atoms with Crippen molar-refractivity contribution < 1.29 is 19.1 Å². The third-order valence-electron chi connectivity index (χ3n) is 4.98. The summed E-state index contributed by atoms with van der Waals surface area (Å²) in [7, 11) is 0. The fourth-order valence-corrected chi connectivity index (χ4v) is 3.88. The summed E-state index contributed by atoms with van der Waals surface area (Å²) in [6.45, 7) is 5.26. The number of esters is 2. The lowest BCUT2D eigenvalue weighted by Gasteiger charge is -2.36. The molecule has 172 valence electrons. The Hall–Kier alpha value is -3.15. The highest BCUT2D eigenvalue weighted by Crippen LogP contribution is 2.43. The van der Waals surface area contributed by atoms with Gasteiger partial charge in [0.15, 0.2) is 5.60 Å². The first-order valence-electron chi connectivity index (χ1n) is 10.7. The van der Waals surface area contributed by atoms with E-state index in [9.17, 15) is 9.59 Å². The van der Waals surface area contributed by atoms with Gasteiger partial charge in [0, 0.05) is 21.7 Å². The Kier molecular flexibility index (Phi) is 7.57. The van der Waals surface area contributed by atoms with Crippen LogP contribution < -0.4 is 5.73 Å². The van der Waals surface area contributed by atoms with Crippen LogP contribution in [0.25, 0.3) is 0 Å². The maximum Gasteiger partial charge on any atom is 0.325 e. The molecule has 0 unspecified atom stereocenters. The molecule has 6 heteroatoms. The minimum Gasteiger partial charge on any atom is -0.460 e. The summed E-state index contributed by atoms with van der Waals surface area (Å²) in [5.41, 5.74) is 6.03. The number of benzene rings is 3. The molecule has 1 atom stereocenters. The molecule has 0 bridgehead atoms. The average molecular weight is 466 g/mol. The zero-order chi connectivity index (χ0) is 24.1. The molecule has 3 aromatic carbocycles. The van der Waals surface area contributed by atoms with E-state index in [-0.39, 0.29) is 6.42 Å². The molecule has 0 aromatic heterocycles. The predicted molar refractivity (Wildman–Crippen MR) is 129 cm³/mol. The third-order valence-corrected chi connectivity index (χ3v) is 5.31. The van der Waals surface area contributed by atoms with Gasteiger partial charge in [-0.2, -0.15) is 0 Å². The van der Waals surface area contributed by atoms with Gasteiger partial charge in [-0.25, -0.2) is 0 Å². The van der Waals surface area contributed by atoms with Crippen molar-refractivity contribution in [2.24, 2.45) is 5.73 Å². The van der Waals surface area contributed by atoms with Gasteiger partial charge in [-0.15, -0.1) is 0 Å². The smallest absolute Gasteiger partial charge is 0.325 e. The van der Waals surface area contributed by atoms with Crippen molar-refractivity contribution in [3.05, 3.63) is 107 Å². The number of nitrogens with two attached hydrogens (primary N) is 1. The van der Waals surface area contributed by atoms with E-state index in [2.05, 4.69) is 0 Å². The summed E-state index contributed by atoms with van der Waals surface area (Å²) >= 11 is 6.63. The minimum absolute atomic E-state index is 0.307. The number of carbonyl (C=O) groups excluding carboxylic acids is 2. The van der Waals surface area contributed by atoms with Crippen LogP contribution in [0.5, 0.6) is 0 Å². The third kappa shape index (κ3) is 5.81. The van der Waals surface area contributed by atoms with Crippen molar-refractivity contribution in [2.75, 3.05) is 0 Å². The van der Waals surface area contributed by atoms with Crippen molar-refractivity contribution in [3.8, 4) is 0 Å². The summed E-state index contributed by atoms with van der Waals surface area (Å²) in [5, 5.41) is 0.429. The molecule has 0 saturated carbocycles. The molecule has 3 aromatic rings. The lowest BCUT2D eigenvalue weighted by Crippen LogP contribution is -2.43. The first-order valence-corrected chi connectivity index (χ1v) is 11.1. The highest BCUT2D eigenvalue weighted by atomic mass is 35.5. The van der Waals surface area contributed by atoms with Gasteiger partial charge in [0.25, 0.3) is 0 Å². The summed E-state index contributed by atoms with van der Waals surface area (Å²) in [6, 6.07) is 24.6. The molecule has 3 rings (SSSR count). The van der Waals surface area contributed by atoms with Gasteiger partial charge in [-0.3, -0.25) is 9.59 Å². The van der Waals surface area contributed by atoms with Crippen molar-refractivity contribution in [3.63, 3.8) is 0 Å². The average Bonchev–Trinajstić information content (AvgIpc) is 2.77. The SMILES string of the molecule is CC(C)(C)OC(=O)C[C@H](N)C(=O)OC(c1ccccc1)(c1ccccc1)c1ccccc1Cl. The van der Waals surface area contributed by atoms with Gasteiger partial charge < -0.3 is 15.2 Å². The van der Waals surface area contributed by atoms with Gasteiger partial charge in [0.2, 0.25) is 0 Å². The highest BCUT2D eigenvalue weighted by Gasteiger charge is 2.43. The Balaban J connectivity index is 2.09. The van der Waals surface area contributed by atoms with Gasteiger partial charge in [0.1, 0.15) is 11.6 Å². The van der Waals surface area contributed by atoms with Crippen LogP contribution in [0.3, 0.4) is 0 Å². The first kappa shape index (κ1) is 24.5. The van der Waals surface area contributed by atoms with Crippen molar-refractivity contribution in [1.29, 1.82) is 0 Å². The van der Waals surface area contributed by atoms with E-state index >= 15 is 0 Å². The van der Waals surface area contributed by atoms with Crippen LogP contribution >= 0.6 is 11.6 Å². The Morgan fingerprint density at radius 2 is 1.30 bits per heavy atom. The monoisotopic (exact) mass is 465 g/mol. The number of hydrogen-bond acceptors (Lipinski definition) is 5. The summed E-state index contributed by atoms with van der Waals surface area (Å²) in [5.74, 6) is -1.32. The summed E-state index contributed by atoms with van der Waals surface area (Å²) < 4.78 is 11.5. The Morgan fingerprint density at radius 1 is 0.818 bits per heavy atom. The fourth-order valence-electron chi connectivity index (χ4n) is 3.62. The van der Waals surface area contributed by atoms with E-state index < -0.39 is 29.2 Å². The van der Waals surface area contributed by atoms with E-state index in [0.717, 1.165) is 0 Å². The fraction of sp³-hybridized carbons (Fsp3) is 0.259. The van der Waals surface area contributed by atoms with Crippen LogP contribution in [0, 0.1) is 0 Å². The van der Waals surface area contributed by atoms with Crippen LogP contribution in [-0.4, -0.2) is 23.6 Å². The molecule has 2 N–H and O–H groups in total. The molecule has 5 nitrogen and oxygen atoms in total. The van der Waals surface area contributed by atoms with Crippen molar-refractivity contribution in [1.82, 2.24) is 0 Å². The Labute approximate surface area is 199 Å². The molecule has 0 amide bonds. The maximum absolute atomic E-state index is 13.3. The van der Waals surface area contributed by atoms with Crippen molar-refractivity contribution in [2.45, 2.75) is 44.4 Å². The van der Waals surface area contributed by atoms with Crippen LogP contribution in [0.2, 0.25) is 5.02 Å². The number of hydrogen-bond donors (Lipinski definition) is 1. The second-order valence-corrected chi connectivity index (χ2v) is 9.12. The van der Waals surface area contributed by atoms with Crippen LogP contribution in [0.15, 0.2) is 84.9 Å². The molecule has 0 spiro atoms. The molecule has 0 aliphatic carbocycles. The number of rotatable bonds is 7. The summed E-state index contributed by atoms with van der Waals surface area (Å²) in [6.07, 6.45) is -0.307. The second kappa shape index (κ2) is 10.2. The van der Waals surface area contributed by atoms with Gasteiger partial charge in [-0.05, 0) is 26.8 Å². The Bertz CT molecular complexity index is 1050. The van der Waals surface area contributed by atoms with E-state index in [1.54, 1.807) is 26.8 Å². The summed E-state index contributed by atoms with van der Waals surface area (Å²) in [4.78, 5) is 25.6. The lowest BCUT2D eigenvalue weighted by molar-refractivity contribution is -0.162. The molecule has 0 aliphatic rings. The molecular formula is C27H28ClNO4. The number of ether oxygens (including phenoxy) is 2.